The van der Waals surface area contributed by atoms with Crippen LogP contribution < -0.4 is 4.74 Å². The zero-order chi connectivity index (χ0) is 15.4. The van der Waals surface area contributed by atoms with Gasteiger partial charge in [0.1, 0.15) is 22.9 Å². The van der Waals surface area contributed by atoms with E-state index in [1.54, 1.807) is 6.07 Å². The standard InChI is InChI=1S/C14H12ClFN2O3/c1-21-10-2-3-13(12(16)6-10)17-18-14-8(7-19)4-9(20)5-11(14)15/h2-6,19-20H,7H2,1H3. The maximum Gasteiger partial charge on any atom is 0.154 e. The molecule has 0 radical (unpaired) electrons. The molecule has 7 heteroatoms. The van der Waals surface area contributed by atoms with Gasteiger partial charge < -0.3 is 14.9 Å². The van der Waals surface area contributed by atoms with E-state index in [-0.39, 0.29) is 34.3 Å². The van der Waals surface area contributed by atoms with Gasteiger partial charge >= 0.3 is 0 Å². The Kier molecular flexibility index (Phi) is 4.72. The van der Waals surface area contributed by atoms with E-state index in [1.807, 2.05) is 0 Å². The second kappa shape index (κ2) is 6.51. The number of benzene rings is 2. The van der Waals surface area contributed by atoms with Gasteiger partial charge in [-0.3, -0.25) is 0 Å². The predicted octanol–water partition coefficient (Wildman–Crippen LogP) is 4.10. The highest BCUT2D eigenvalue weighted by Crippen LogP contribution is 2.35. The van der Waals surface area contributed by atoms with Crippen molar-refractivity contribution in [3.63, 3.8) is 0 Å². The number of phenolic OH excluding ortho intramolecular Hbond substituents is 1. The number of nitrogens with zero attached hydrogens (tertiary/aromatic N) is 2. The van der Waals surface area contributed by atoms with Crippen LogP contribution in [0.5, 0.6) is 11.5 Å². The molecule has 2 rings (SSSR count). The molecule has 2 aromatic rings. The SMILES string of the molecule is COc1ccc(N=Nc2c(Cl)cc(O)cc2CO)c(F)c1. The second-order valence-electron chi connectivity index (χ2n) is 4.11. The van der Waals surface area contributed by atoms with Gasteiger partial charge in [0.25, 0.3) is 0 Å². The van der Waals surface area contributed by atoms with Crippen molar-refractivity contribution in [2.75, 3.05) is 7.11 Å². The first-order valence-electron chi connectivity index (χ1n) is 5.92. The molecule has 5 nitrogen and oxygen atoms in total. The van der Waals surface area contributed by atoms with Gasteiger partial charge in [-0.25, -0.2) is 4.39 Å². The van der Waals surface area contributed by atoms with Gasteiger partial charge in [0.2, 0.25) is 0 Å². The number of methoxy groups -OCH3 is 1. The van der Waals surface area contributed by atoms with E-state index in [1.165, 1.54) is 31.4 Å². The summed E-state index contributed by atoms with van der Waals surface area (Å²) in [6.45, 7) is -0.381. The van der Waals surface area contributed by atoms with Gasteiger partial charge in [0.05, 0.1) is 18.7 Å². The maximum atomic E-state index is 13.7. The van der Waals surface area contributed by atoms with Crippen molar-refractivity contribution >= 4 is 23.0 Å². The Morgan fingerprint density at radius 1 is 1.24 bits per heavy atom. The Balaban J connectivity index is 2.38. The molecular weight excluding hydrogens is 299 g/mol. The Hall–Kier alpha value is -2.18. The second-order valence-corrected chi connectivity index (χ2v) is 4.52. The van der Waals surface area contributed by atoms with Crippen LogP contribution in [0, 0.1) is 5.82 Å². The van der Waals surface area contributed by atoms with E-state index in [0.717, 1.165) is 0 Å². The summed E-state index contributed by atoms with van der Waals surface area (Å²) in [5.41, 5.74) is 0.466. The summed E-state index contributed by atoms with van der Waals surface area (Å²) in [4.78, 5) is 0. The highest BCUT2D eigenvalue weighted by molar-refractivity contribution is 6.33. The van der Waals surface area contributed by atoms with Gasteiger partial charge in [0, 0.05) is 17.7 Å². The molecule has 0 fully saturated rings. The lowest BCUT2D eigenvalue weighted by Crippen LogP contribution is -1.85. The van der Waals surface area contributed by atoms with Crippen molar-refractivity contribution < 1.29 is 19.3 Å². The highest BCUT2D eigenvalue weighted by Gasteiger charge is 2.09. The molecule has 110 valence electrons. The van der Waals surface area contributed by atoms with E-state index in [9.17, 15) is 14.6 Å². The molecule has 0 aliphatic rings. The first kappa shape index (κ1) is 15.2. The van der Waals surface area contributed by atoms with E-state index >= 15 is 0 Å². The number of rotatable bonds is 4. The van der Waals surface area contributed by atoms with Crippen molar-refractivity contribution in [1.29, 1.82) is 0 Å². The third kappa shape index (κ3) is 3.48. The summed E-state index contributed by atoms with van der Waals surface area (Å²) >= 11 is 5.93. The third-order valence-electron chi connectivity index (χ3n) is 2.71. The molecule has 0 bridgehead atoms. The first-order valence-corrected chi connectivity index (χ1v) is 6.30. The Morgan fingerprint density at radius 3 is 2.62 bits per heavy atom. The molecular formula is C14H12ClFN2O3. The molecule has 0 saturated heterocycles. The van der Waals surface area contributed by atoms with E-state index in [0.29, 0.717) is 5.75 Å². The normalized spacial score (nSPS) is 11.0. The van der Waals surface area contributed by atoms with E-state index < -0.39 is 5.82 Å². The number of aromatic hydroxyl groups is 1. The summed E-state index contributed by atoms with van der Waals surface area (Å²) in [5.74, 6) is -0.331. The fourth-order valence-electron chi connectivity index (χ4n) is 1.67. The number of azo groups is 1. The van der Waals surface area contributed by atoms with Gasteiger partial charge in [-0.15, -0.1) is 10.2 Å². The van der Waals surface area contributed by atoms with Gasteiger partial charge in [-0.2, -0.15) is 0 Å². The summed E-state index contributed by atoms with van der Waals surface area (Å²) in [6, 6.07) is 6.71. The minimum absolute atomic E-state index is 0.00355. The zero-order valence-corrected chi connectivity index (χ0v) is 11.8. The number of ether oxygens (including phenoxy) is 1. The zero-order valence-electron chi connectivity index (χ0n) is 11.0. The molecule has 0 aromatic heterocycles. The molecule has 0 atom stereocenters. The van der Waals surface area contributed by atoms with Gasteiger partial charge in [0.15, 0.2) is 5.82 Å². The minimum Gasteiger partial charge on any atom is -0.508 e. The topological polar surface area (TPSA) is 74.4 Å². The summed E-state index contributed by atoms with van der Waals surface area (Å²) < 4.78 is 18.6. The monoisotopic (exact) mass is 310 g/mol. The van der Waals surface area contributed by atoms with Gasteiger partial charge in [-0.05, 0) is 18.2 Å². The number of aliphatic hydroxyl groups is 1. The lowest BCUT2D eigenvalue weighted by Gasteiger charge is -2.05. The smallest absolute Gasteiger partial charge is 0.154 e. The van der Waals surface area contributed by atoms with Crippen molar-refractivity contribution in [3.8, 4) is 11.5 Å². The molecule has 21 heavy (non-hydrogen) atoms. The number of phenols is 1. The molecule has 0 spiro atoms. The minimum atomic E-state index is -0.599. The first-order chi connectivity index (χ1) is 10.0. The Labute approximate surface area is 125 Å². The Morgan fingerprint density at radius 2 is 2.00 bits per heavy atom. The fourth-order valence-corrected chi connectivity index (χ4v) is 1.94. The molecule has 0 amide bonds. The number of halogens is 2. The summed E-state index contributed by atoms with van der Waals surface area (Å²) in [7, 11) is 1.43. The number of aliphatic hydroxyl groups excluding tert-OH is 1. The van der Waals surface area contributed by atoms with Crippen LogP contribution >= 0.6 is 11.6 Å². The van der Waals surface area contributed by atoms with Crippen molar-refractivity contribution in [3.05, 3.63) is 46.7 Å². The average Bonchev–Trinajstić information content (AvgIpc) is 2.46. The molecule has 0 aliphatic carbocycles. The quantitative estimate of drug-likeness (QED) is 0.835. The molecule has 0 unspecified atom stereocenters. The number of hydrogen-bond donors (Lipinski definition) is 2. The van der Waals surface area contributed by atoms with Crippen molar-refractivity contribution in [2.45, 2.75) is 6.61 Å². The maximum absolute atomic E-state index is 13.7. The van der Waals surface area contributed by atoms with E-state index in [2.05, 4.69) is 10.2 Å². The van der Waals surface area contributed by atoms with Crippen LogP contribution in [-0.4, -0.2) is 17.3 Å². The lowest BCUT2D eigenvalue weighted by atomic mass is 10.2. The van der Waals surface area contributed by atoms with Crippen molar-refractivity contribution in [1.82, 2.24) is 0 Å². The molecule has 0 aliphatic heterocycles. The van der Waals surface area contributed by atoms with Gasteiger partial charge in [-0.1, -0.05) is 11.6 Å². The van der Waals surface area contributed by atoms with Crippen LogP contribution in [-0.2, 0) is 6.61 Å². The third-order valence-corrected chi connectivity index (χ3v) is 3.00. The fraction of sp³-hybridized carbons (Fsp3) is 0.143. The molecule has 0 heterocycles. The van der Waals surface area contributed by atoms with Crippen LogP contribution in [0.3, 0.4) is 0 Å². The summed E-state index contributed by atoms with van der Waals surface area (Å²) in [6.07, 6.45) is 0. The van der Waals surface area contributed by atoms with Crippen LogP contribution in [0.2, 0.25) is 5.02 Å². The average molecular weight is 311 g/mol. The summed E-state index contributed by atoms with van der Waals surface area (Å²) in [5, 5.41) is 26.3. The van der Waals surface area contributed by atoms with Crippen molar-refractivity contribution in [2.24, 2.45) is 10.2 Å². The highest BCUT2D eigenvalue weighted by atomic mass is 35.5. The molecule has 0 saturated carbocycles. The largest absolute Gasteiger partial charge is 0.508 e. The molecule has 2 N–H and O–H groups in total. The molecule has 2 aromatic carbocycles. The van der Waals surface area contributed by atoms with Crippen LogP contribution in [0.1, 0.15) is 5.56 Å². The Bertz CT molecular complexity index is 692. The van der Waals surface area contributed by atoms with Crippen LogP contribution in [0.15, 0.2) is 40.6 Å². The lowest BCUT2D eigenvalue weighted by molar-refractivity contribution is 0.281. The van der Waals surface area contributed by atoms with Crippen LogP contribution in [0.4, 0.5) is 15.8 Å². The predicted molar refractivity (Wildman–Crippen MR) is 76.2 cm³/mol. The van der Waals surface area contributed by atoms with E-state index in [4.69, 9.17) is 16.3 Å². The van der Waals surface area contributed by atoms with Crippen LogP contribution in [0.25, 0.3) is 0 Å². The number of hydrogen-bond acceptors (Lipinski definition) is 5.